The van der Waals surface area contributed by atoms with Crippen LogP contribution in [0.25, 0.3) is 0 Å². The summed E-state index contributed by atoms with van der Waals surface area (Å²) in [6, 6.07) is 3.01. The van der Waals surface area contributed by atoms with Gasteiger partial charge < -0.3 is 21.3 Å². The zero-order chi connectivity index (χ0) is 27.7. The third-order valence-corrected chi connectivity index (χ3v) is 5.30. The number of halogens is 7. The molecular formula is C19H21F7N4O5. The maximum Gasteiger partial charge on any atom is 0.490 e. The predicted molar refractivity (Wildman–Crippen MR) is 106 cm³/mol. The van der Waals surface area contributed by atoms with Crippen molar-refractivity contribution in [2.75, 3.05) is 12.4 Å². The minimum Gasteiger partial charge on any atom is -0.475 e. The maximum absolute atomic E-state index is 14.6. The van der Waals surface area contributed by atoms with Crippen LogP contribution in [0.3, 0.4) is 0 Å². The molecule has 0 saturated carbocycles. The molecule has 0 aliphatic carbocycles. The molecule has 5 N–H and O–H groups in total. The zero-order valence-corrected chi connectivity index (χ0v) is 18.5. The Morgan fingerprint density at radius 2 is 1.63 bits per heavy atom. The number of anilines is 1. The highest BCUT2D eigenvalue weighted by atomic mass is 19.4. The molecule has 196 valence electrons. The third kappa shape index (κ3) is 6.17. The fourth-order valence-electron chi connectivity index (χ4n) is 2.91. The quantitative estimate of drug-likeness (QED) is 0.452. The number of aliphatic carboxylic acids is 1. The van der Waals surface area contributed by atoms with Crippen LogP contribution in [0.2, 0.25) is 0 Å². The van der Waals surface area contributed by atoms with Gasteiger partial charge in [-0.3, -0.25) is 14.5 Å². The second-order valence-electron chi connectivity index (χ2n) is 7.96. The van der Waals surface area contributed by atoms with Crippen molar-refractivity contribution < 1.29 is 55.3 Å². The van der Waals surface area contributed by atoms with E-state index >= 15 is 0 Å². The van der Waals surface area contributed by atoms with E-state index in [9.17, 15) is 40.3 Å². The Kier molecular flexibility index (Phi) is 8.18. The first-order valence-electron chi connectivity index (χ1n) is 9.36. The van der Waals surface area contributed by atoms with E-state index in [1.165, 1.54) is 27.8 Å². The van der Waals surface area contributed by atoms with Gasteiger partial charge in [-0.25, -0.2) is 14.2 Å². The average molecular weight is 518 g/mol. The smallest absolute Gasteiger partial charge is 0.475 e. The van der Waals surface area contributed by atoms with Crippen LogP contribution in [0, 0.1) is 11.2 Å². The lowest BCUT2D eigenvalue weighted by Crippen LogP contribution is -2.58. The normalized spacial score (nSPS) is 20.9. The number of aliphatic hydroxyl groups is 1. The van der Waals surface area contributed by atoms with Crippen LogP contribution in [-0.2, 0) is 19.9 Å². The van der Waals surface area contributed by atoms with Crippen molar-refractivity contribution >= 4 is 29.4 Å². The van der Waals surface area contributed by atoms with Crippen LogP contribution in [0.15, 0.2) is 23.2 Å². The number of hydrogen-bond acceptors (Lipinski definition) is 6. The van der Waals surface area contributed by atoms with Gasteiger partial charge in [-0.1, -0.05) is 0 Å². The van der Waals surface area contributed by atoms with E-state index in [2.05, 4.69) is 4.99 Å². The van der Waals surface area contributed by atoms with Gasteiger partial charge in [-0.15, -0.1) is 0 Å². The van der Waals surface area contributed by atoms with E-state index in [0.717, 1.165) is 23.1 Å². The Morgan fingerprint density at radius 3 is 2.06 bits per heavy atom. The number of amides is 2. The van der Waals surface area contributed by atoms with Gasteiger partial charge in [0.2, 0.25) is 12.0 Å². The number of aliphatic hydroxyl groups excluding tert-OH is 1. The number of carbonyl (C=O) groups excluding carboxylic acids is 2. The van der Waals surface area contributed by atoms with Crippen LogP contribution >= 0.6 is 0 Å². The van der Waals surface area contributed by atoms with E-state index in [-0.39, 0.29) is 17.2 Å². The first-order valence-corrected chi connectivity index (χ1v) is 9.36. The summed E-state index contributed by atoms with van der Waals surface area (Å²) in [4.78, 5) is 38.5. The number of carboxylic acid groups (broad SMARTS) is 1. The lowest BCUT2D eigenvalue weighted by molar-refractivity contribution is -0.202. The third-order valence-electron chi connectivity index (χ3n) is 5.30. The summed E-state index contributed by atoms with van der Waals surface area (Å²) in [5.74, 6) is -5.87. The molecule has 0 spiro atoms. The van der Waals surface area contributed by atoms with E-state index in [1.54, 1.807) is 0 Å². The largest absolute Gasteiger partial charge is 0.490 e. The zero-order valence-electron chi connectivity index (χ0n) is 18.5. The summed E-state index contributed by atoms with van der Waals surface area (Å²) < 4.78 is 83.8. The lowest BCUT2D eigenvalue weighted by atomic mass is 9.67. The van der Waals surface area contributed by atoms with E-state index in [4.69, 9.17) is 20.7 Å². The summed E-state index contributed by atoms with van der Waals surface area (Å²) in [5.41, 5.74) is 2.64. The number of benzene rings is 1. The second-order valence-corrected chi connectivity index (χ2v) is 7.96. The standard InChI is InChI=1S/C17H20F4N4O3.C2HF3O2/c1-15(2)13(28)25(4)14(22)24-16(15,3)9-7-8(5-6-10(9)18)23-12(27)11(26)17(19,20)21;3-2(4,5)1(6)7/h5-7,11,26H,1-4H3,(H2,22,24)(H,23,27);(H,6,7)/t11?,16-;/m1./s1. The molecule has 0 radical (unpaired) electrons. The van der Waals surface area contributed by atoms with Crippen molar-refractivity contribution in [2.24, 2.45) is 16.1 Å². The maximum atomic E-state index is 14.6. The number of alkyl halides is 6. The number of nitrogens with zero attached hydrogens (tertiary/aromatic N) is 2. The average Bonchev–Trinajstić information content (AvgIpc) is 2.71. The molecule has 0 aromatic heterocycles. The number of carboxylic acids is 1. The van der Waals surface area contributed by atoms with Gasteiger partial charge in [0.15, 0.2) is 5.96 Å². The molecule has 9 nitrogen and oxygen atoms in total. The molecule has 0 saturated heterocycles. The van der Waals surface area contributed by atoms with Crippen molar-refractivity contribution in [3.63, 3.8) is 0 Å². The van der Waals surface area contributed by atoms with Crippen LogP contribution in [-0.4, -0.2) is 64.4 Å². The van der Waals surface area contributed by atoms with E-state index < -0.39 is 53.0 Å². The highest BCUT2D eigenvalue weighted by Crippen LogP contribution is 2.47. The molecule has 2 amide bonds. The number of rotatable bonds is 3. The van der Waals surface area contributed by atoms with Crippen molar-refractivity contribution in [3.05, 3.63) is 29.6 Å². The van der Waals surface area contributed by atoms with Crippen molar-refractivity contribution in [2.45, 2.75) is 44.8 Å². The molecule has 0 fully saturated rings. The fourth-order valence-corrected chi connectivity index (χ4v) is 2.91. The number of guanidine groups is 1. The summed E-state index contributed by atoms with van der Waals surface area (Å²) in [6.45, 7) is 4.51. The molecule has 1 aromatic carbocycles. The number of nitrogens with one attached hydrogen (secondary N) is 1. The highest BCUT2D eigenvalue weighted by molar-refractivity contribution is 6.01. The minimum absolute atomic E-state index is 0.152. The lowest BCUT2D eigenvalue weighted by Gasteiger charge is -2.46. The second kappa shape index (κ2) is 9.67. The van der Waals surface area contributed by atoms with Crippen LogP contribution in [0.1, 0.15) is 26.3 Å². The van der Waals surface area contributed by atoms with Gasteiger partial charge >= 0.3 is 18.3 Å². The first kappa shape index (κ1) is 29.6. The van der Waals surface area contributed by atoms with Gasteiger partial charge in [-0.2, -0.15) is 26.3 Å². The van der Waals surface area contributed by atoms with E-state index in [1.807, 2.05) is 5.32 Å². The predicted octanol–water partition coefficient (Wildman–Crippen LogP) is 2.35. The van der Waals surface area contributed by atoms with Crippen LogP contribution < -0.4 is 11.1 Å². The molecule has 1 aliphatic rings. The summed E-state index contributed by atoms with van der Waals surface area (Å²) in [5, 5.41) is 18.0. The highest BCUT2D eigenvalue weighted by Gasteiger charge is 2.54. The minimum atomic E-state index is -5.15. The molecule has 0 bridgehead atoms. The van der Waals surface area contributed by atoms with Crippen LogP contribution in [0.4, 0.5) is 36.4 Å². The molecule has 16 heteroatoms. The molecule has 1 heterocycles. The number of hydrogen-bond donors (Lipinski definition) is 4. The summed E-state index contributed by atoms with van der Waals surface area (Å²) >= 11 is 0. The van der Waals surface area contributed by atoms with Crippen molar-refractivity contribution in [1.82, 2.24) is 4.90 Å². The molecule has 1 unspecified atom stereocenters. The van der Waals surface area contributed by atoms with Gasteiger partial charge in [0.25, 0.3) is 5.91 Å². The molecule has 1 aliphatic heterocycles. The molecule has 2 atom stereocenters. The summed E-state index contributed by atoms with van der Waals surface area (Å²) in [6.07, 6.45) is -13.5. The van der Waals surface area contributed by atoms with E-state index in [0.29, 0.717) is 0 Å². The van der Waals surface area contributed by atoms with Gasteiger partial charge in [-0.05, 0) is 39.0 Å². The van der Waals surface area contributed by atoms with Gasteiger partial charge in [0, 0.05) is 18.3 Å². The SMILES string of the molecule is CN1C(=O)C(C)(C)[C@@](C)(c2cc(NC(=O)C(O)C(F)(F)F)ccc2F)N=C1N.O=C(O)C(F)(F)F. The van der Waals surface area contributed by atoms with Crippen LogP contribution in [0.5, 0.6) is 0 Å². The van der Waals surface area contributed by atoms with Gasteiger partial charge in [0.1, 0.15) is 11.4 Å². The Balaban J connectivity index is 0.000000762. The molecule has 2 rings (SSSR count). The Hall–Kier alpha value is -3.43. The molecule has 1 aromatic rings. The Labute approximate surface area is 193 Å². The monoisotopic (exact) mass is 518 g/mol. The summed E-state index contributed by atoms with van der Waals surface area (Å²) in [7, 11) is 1.41. The first-order chi connectivity index (χ1) is 15.6. The topological polar surface area (TPSA) is 145 Å². The van der Waals surface area contributed by atoms with Crippen molar-refractivity contribution in [3.8, 4) is 0 Å². The number of aliphatic imine (C=N–C) groups is 1. The molecule has 35 heavy (non-hydrogen) atoms. The number of nitrogens with two attached hydrogens (primary N) is 1. The Bertz CT molecular complexity index is 1040. The number of carbonyl (C=O) groups is 3. The van der Waals surface area contributed by atoms with Gasteiger partial charge in [0.05, 0.1) is 5.41 Å². The van der Waals surface area contributed by atoms with Crippen molar-refractivity contribution in [1.29, 1.82) is 0 Å². The Morgan fingerprint density at radius 1 is 1.14 bits per heavy atom. The molecular weight excluding hydrogens is 497 g/mol. The fraction of sp³-hybridized carbons (Fsp3) is 0.474.